The number of ether oxygens (including phenoxy) is 2. The molecule has 19 heavy (non-hydrogen) atoms. The molecule has 0 bridgehead atoms. The topological polar surface area (TPSA) is 38.7 Å². The van der Waals surface area contributed by atoms with Crippen LogP contribution >= 0.6 is 11.3 Å². The number of rotatable bonds is 6. The molecule has 1 heterocycles. The van der Waals surface area contributed by atoms with Crippen LogP contribution in [0.1, 0.15) is 24.2 Å². The Morgan fingerprint density at radius 3 is 2.74 bits per heavy atom. The fourth-order valence-corrected chi connectivity index (χ4v) is 2.48. The van der Waals surface area contributed by atoms with Crippen LogP contribution in [-0.4, -0.2) is 18.8 Å². The van der Waals surface area contributed by atoms with E-state index in [1.54, 1.807) is 25.4 Å². The van der Waals surface area contributed by atoms with E-state index in [4.69, 9.17) is 9.47 Å². The van der Waals surface area contributed by atoms with Gasteiger partial charge in [-0.25, -0.2) is 0 Å². The molecule has 0 amide bonds. The lowest BCUT2D eigenvalue weighted by Gasteiger charge is -2.13. The van der Waals surface area contributed by atoms with Gasteiger partial charge in [0.05, 0.1) is 19.8 Å². The Hall–Kier alpha value is -1.52. The number of hydrogen-bond donors (Lipinski definition) is 1. The Balaban J connectivity index is 1.99. The van der Waals surface area contributed by atoms with Gasteiger partial charge in [0.2, 0.25) is 0 Å². The number of aliphatic hydroxyl groups is 1. The van der Waals surface area contributed by atoms with Crippen molar-refractivity contribution in [2.24, 2.45) is 0 Å². The number of hydrogen-bond acceptors (Lipinski definition) is 4. The van der Waals surface area contributed by atoms with Crippen LogP contribution in [0.2, 0.25) is 0 Å². The van der Waals surface area contributed by atoms with Gasteiger partial charge in [-0.15, -0.1) is 0 Å². The maximum Gasteiger partial charge on any atom is 0.161 e. The molecular formula is C15H18O3S. The van der Waals surface area contributed by atoms with Gasteiger partial charge >= 0.3 is 0 Å². The van der Waals surface area contributed by atoms with Crippen molar-refractivity contribution in [2.75, 3.05) is 13.7 Å². The molecule has 1 aromatic carbocycles. The molecule has 0 fully saturated rings. The summed E-state index contributed by atoms with van der Waals surface area (Å²) in [5, 5.41) is 13.7. The van der Waals surface area contributed by atoms with Crippen molar-refractivity contribution in [3.05, 3.63) is 46.2 Å². The lowest BCUT2D eigenvalue weighted by atomic mass is 10.1. The molecular weight excluding hydrogens is 260 g/mol. The summed E-state index contributed by atoms with van der Waals surface area (Å²) in [7, 11) is 1.60. The molecule has 0 aliphatic rings. The first kappa shape index (κ1) is 13.9. The zero-order valence-electron chi connectivity index (χ0n) is 11.1. The van der Waals surface area contributed by atoms with Gasteiger partial charge in [0.25, 0.3) is 0 Å². The third kappa shape index (κ3) is 3.72. The molecule has 0 aliphatic carbocycles. The van der Waals surface area contributed by atoms with E-state index in [0.717, 1.165) is 12.0 Å². The van der Waals surface area contributed by atoms with Crippen molar-refractivity contribution in [1.29, 1.82) is 0 Å². The highest BCUT2D eigenvalue weighted by Gasteiger charge is 2.08. The van der Waals surface area contributed by atoms with Gasteiger partial charge in [0.1, 0.15) is 0 Å². The van der Waals surface area contributed by atoms with E-state index in [0.29, 0.717) is 18.1 Å². The van der Waals surface area contributed by atoms with E-state index in [2.05, 4.69) is 16.8 Å². The summed E-state index contributed by atoms with van der Waals surface area (Å²) in [6.45, 7) is 2.34. The zero-order valence-corrected chi connectivity index (χ0v) is 11.9. The van der Waals surface area contributed by atoms with Crippen LogP contribution in [0.15, 0.2) is 35.0 Å². The molecule has 0 aliphatic heterocycles. The average Bonchev–Trinajstić information content (AvgIpc) is 2.92. The standard InChI is InChI=1S/C15H18O3S/c1-11(16)13-3-4-14(15(9-13)17-2)18-7-5-12-6-8-19-10-12/h3-4,6,8-11,16H,5,7H2,1-2H3. The molecule has 2 aromatic rings. The van der Waals surface area contributed by atoms with E-state index in [9.17, 15) is 5.11 Å². The second-order valence-electron chi connectivity index (χ2n) is 4.32. The molecule has 0 radical (unpaired) electrons. The first-order chi connectivity index (χ1) is 9.20. The summed E-state index contributed by atoms with van der Waals surface area (Å²) >= 11 is 1.69. The molecule has 4 heteroatoms. The predicted molar refractivity (Wildman–Crippen MR) is 77.1 cm³/mol. The maximum absolute atomic E-state index is 9.54. The SMILES string of the molecule is COc1cc(C(C)O)ccc1OCCc1ccsc1. The number of aliphatic hydroxyl groups excluding tert-OH is 1. The van der Waals surface area contributed by atoms with Gasteiger partial charge in [0.15, 0.2) is 11.5 Å². The molecule has 3 nitrogen and oxygen atoms in total. The zero-order chi connectivity index (χ0) is 13.7. The van der Waals surface area contributed by atoms with Crippen LogP contribution in [0, 0.1) is 0 Å². The molecule has 1 N–H and O–H groups in total. The minimum absolute atomic E-state index is 0.506. The first-order valence-electron chi connectivity index (χ1n) is 6.20. The summed E-state index contributed by atoms with van der Waals surface area (Å²) in [5.41, 5.74) is 2.10. The summed E-state index contributed by atoms with van der Waals surface area (Å²) in [4.78, 5) is 0. The van der Waals surface area contributed by atoms with E-state index < -0.39 is 6.10 Å². The Bertz CT molecular complexity index is 506. The van der Waals surface area contributed by atoms with Crippen molar-refractivity contribution in [2.45, 2.75) is 19.4 Å². The number of thiophene rings is 1. The van der Waals surface area contributed by atoms with Crippen molar-refractivity contribution in [3.63, 3.8) is 0 Å². The van der Waals surface area contributed by atoms with Crippen LogP contribution in [-0.2, 0) is 6.42 Å². The Morgan fingerprint density at radius 2 is 2.11 bits per heavy atom. The highest BCUT2D eigenvalue weighted by atomic mass is 32.1. The molecule has 0 saturated carbocycles. The first-order valence-corrected chi connectivity index (χ1v) is 7.15. The Kier molecular flexibility index (Phi) is 4.82. The summed E-state index contributed by atoms with van der Waals surface area (Å²) < 4.78 is 11.0. The molecule has 0 saturated heterocycles. The van der Waals surface area contributed by atoms with E-state index in [-0.39, 0.29) is 0 Å². The summed E-state index contributed by atoms with van der Waals surface area (Å²) in [6.07, 6.45) is 0.374. The highest BCUT2D eigenvalue weighted by Crippen LogP contribution is 2.30. The van der Waals surface area contributed by atoms with Crippen LogP contribution in [0.4, 0.5) is 0 Å². The Morgan fingerprint density at radius 1 is 1.26 bits per heavy atom. The molecule has 0 spiro atoms. The van der Waals surface area contributed by atoms with Crippen molar-refractivity contribution in [1.82, 2.24) is 0 Å². The van der Waals surface area contributed by atoms with Crippen molar-refractivity contribution < 1.29 is 14.6 Å². The molecule has 1 atom stereocenters. The van der Waals surface area contributed by atoms with Gasteiger partial charge in [-0.2, -0.15) is 11.3 Å². The molecule has 2 rings (SSSR count). The average molecular weight is 278 g/mol. The smallest absolute Gasteiger partial charge is 0.161 e. The second kappa shape index (κ2) is 6.59. The molecule has 102 valence electrons. The van der Waals surface area contributed by atoms with Gasteiger partial charge in [0, 0.05) is 6.42 Å². The predicted octanol–water partition coefficient (Wildman–Crippen LogP) is 3.43. The van der Waals surface area contributed by atoms with Crippen LogP contribution in [0.25, 0.3) is 0 Å². The van der Waals surface area contributed by atoms with Crippen molar-refractivity contribution in [3.8, 4) is 11.5 Å². The van der Waals surface area contributed by atoms with Gasteiger partial charge in [-0.1, -0.05) is 6.07 Å². The van der Waals surface area contributed by atoms with Gasteiger partial charge in [-0.3, -0.25) is 0 Å². The molecule has 1 aromatic heterocycles. The summed E-state index contributed by atoms with van der Waals surface area (Å²) in [5.74, 6) is 1.37. The highest BCUT2D eigenvalue weighted by molar-refractivity contribution is 7.07. The molecule has 1 unspecified atom stereocenters. The normalized spacial score (nSPS) is 12.2. The maximum atomic E-state index is 9.54. The lowest BCUT2D eigenvalue weighted by Crippen LogP contribution is -2.03. The van der Waals surface area contributed by atoms with Crippen LogP contribution in [0.3, 0.4) is 0 Å². The Labute approximate surface area is 117 Å². The number of benzene rings is 1. The largest absolute Gasteiger partial charge is 0.493 e. The third-order valence-corrected chi connectivity index (χ3v) is 3.63. The quantitative estimate of drug-likeness (QED) is 0.879. The second-order valence-corrected chi connectivity index (χ2v) is 5.10. The fraction of sp³-hybridized carbons (Fsp3) is 0.333. The van der Waals surface area contributed by atoms with Crippen LogP contribution in [0.5, 0.6) is 11.5 Å². The van der Waals surface area contributed by atoms with E-state index in [1.165, 1.54) is 5.56 Å². The lowest BCUT2D eigenvalue weighted by molar-refractivity contribution is 0.198. The third-order valence-electron chi connectivity index (χ3n) is 2.90. The van der Waals surface area contributed by atoms with Gasteiger partial charge < -0.3 is 14.6 Å². The van der Waals surface area contributed by atoms with E-state index in [1.807, 2.05) is 18.2 Å². The van der Waals surface area contributed by atoms with E-state index >= 15 is 0 Å². The monoisotopic (exact) mass is 278 g/mol. The van der Waals surface area contributed by atoms with Crippen LogP contribution < -0.4 is 9.47 Å². The minimum Gasteiger partial charge on any atom is -0.493 e. The fourth-order valence-electron chi connectivity index (χ4n) is 1.78. The van der Waals surface area contributed by atoms with Gasteiger partial charge in [-0.05, 0) is 47.0 Å². The minimum atomic E-state index is -0.506. The summed E-state index contributed by atoms with van der Waals surface area (Å²) in [6, 6.07) is 7.61. The van der Waals surface area contributed by atoms with Crippen molar-refractivity contribution >= 4 is 11.3 Å². The number of methoxy groups -OCH3 is 1.